The van der Waals surface area contributed by atoms with Crippen molar-refractivity contribution in [3.8, 4) is 5.75 Å². The second-order valence-corrected chi connectivity index (χ2v) is 6.54. The molecule has 0 spiro atoms. The summed E-state index contributed by atoms with van der Waals surface area (Å²) in [5.41, 5.74) is 5.11. The van der Waals surface area contributed by atoms with E-state index in [1.54, 1.807) is 0 Å². The molecule has 1 aliphatic heterocycles. The van der Waals surface area contributed by atoms with Crippen LogP contribution in [0.25, 0.3) is 0 Å². The molecule has 1 unspecified atom stereocenters. The van der Waals surface area contributed by atoms with E-state index in [0.29, 0.717) is 0 Å². The topological polar surface area (TPSA) is 21.3 Å². The Hall–Kier alpha value is -1.80. The summed E-state index contributed by atoms with van der Waals surface area (Å²) < 4.78 is 5.97. The molecular formula is C19H23NO. The lowest BCUT2D eigenvalue weighted by molar-refractivity contribution is 0.138. The van der Waals surface area contributed by atoms with Crippen LogP contribution in [0.5, 0.6) is 5.75 Å². The highest BCUT2D eigenvalue weighted by Crippen LogP contribution is 2.37. The van der Waals surface area contributed by atoms with Crippen LogP contribution in [0.1, 0.15) is 42.1 Å². The second kappa shape index (κ2) is 5.19. The molecule has 0 aliphatic carbocycles. The molecule has 0 fully saturated rings. The van der Waals surface area contributed by atoms with Gasteiger partial charge in [-0.25, -0.2) is 0 Å². The largest absolute Gasteiger partial charge is 0.487 e. The van der Waals surface area contributed by atoms with Gasteiger partial charge >= 0.3 is 0 Å². The SMILES string of the molecule is CNC(c1cccc(C)c1)c1ccc2c(c1)CC(C)(C)O2. The Bertz CT molecular complexity index is 660. The summed E-state index contributed by atoms with van der Waals surface area (Å²) in [6.45, 7) is 6.42. The quantitative estimate of drug-likeness (QED) is 0.917. The van der Waals surface area contributed by atoms with Gasteiger partial charge in [0.25, 0.3) is 0 Å². The van der Waals surface area contributed by atoms with Crippen LogP contribution in [-0.2, 0) is 6.42 Å². The lowest BCUT2D eigenvalue weighted by Crippen LogP contribution is -2.24. The van der Waals surface area contributed by atoms with Gasteiger partial charge in [-0.3, -0.25) is 0 Å². The molecule has 0 amide bonds. The fourth-order valence-corrected chi connectivity index (χ4v) is 3.18. The molecule has 1 heterocycles. The smallest absolute Gasteiger partial charge is 0.123 e. The highest BCUT2D eigenvalue weighted by molar-refractivity contribution is 5.45. The molecule has 21 heavy (non-hydrogen) atoms. The van der Waals surface area contributed by atoms with Crippen molar-refractivity contribution in [2.24, 2.45) is 0 Å². The Morgan fingerprint density at radius 1 is 1.10 bits per heavy atom. The Balaban J connectivity index is 1.96. The minimum atomic E-state index is -0.0839. The van der Waals surface area contributed by atoms with Crippen LogP contribution in [0.3, 0.4) is 0 Å². The zero-order valence-corrected chi connectivity index (χ0v) is 13.2. The maximum absolute atomic E-state index is 5.97. The van der Waals surface area contributed by atoms with E-state index in [0.717, 1.165) is 12.2 Å². The average Bonchev–Trinajstić information content (AvgIpc) is 2.73. The Kier molecular flexibility index (Phi) is 3.50. The van der Waals surface area contributed by atoms with Gasteiger partial charge in [-0.15, -0.1) is 0 Å². The summed E-state index contributed by atoms with van der Waals surface area (Å²) in [6, 6.07) is 15.5. The van der Waals surface area contributed by atoms with Crippen molar-refractivity contribution in [3.63, 3.8) is 0 Å². The third-order valence-electron chi connectivity index (χ3n) is 4.08. The molecule has 0 radical (unpaired) electrons. The first-order valence-electron chi connectivity index (χ1n) is 7.54. The fourth-order valence-electron chi connectivity index (χ4n) is 3.18. The molecule has 0 bridgehead atoms. The summed E-state index contributed by atoms with van der Waals surface area (Å²) in [5, 5.41) is 3.43. The number of hydrogen-bond donors (Lipinski definition) is 1. The lowest BCUT2D eigenvalue weighted by Gasteiger charge is -2.18. The molecule has 2 nitrogen and oxygen atoms in total. The van der Waals surface area contributed by atoms with Gasteiger partial charge in [0, 0.05) is 6.42 Å². The first-order chi connectivity index (χ1) is 9.98. The fraction of sp³-hybridized carbons (Fsp3) is 0.368. The molecule has 1 aliphatic rings. The van der Waals surface area contributed by atoms with Crippen molar-refractivity contribution in [2.75, 3.05) is 7.05 Å². The normalized spacial score (nSPS) is 17.1. The lowest BCUT2D eigenvalue weighted by atomic mass is 9.94. The van der Waals surface area contributed by atoms with Gasteiger partial charge in [0.2, 0.25) is 0 Å². The molecule has 2 aromatic carbocycles. The average molecular weight is 281 g/mol. The van der Waals surface area contributed by atoms with E-state index >= 15 is 0 Å². The van der Waals surface area contributed by atoms with Crippen molar-refractivity contribution >= 4 is 0 Å². The first-order valence-corrected chi connectivity index (χ1v) is 7.54. The predicted molar refractivity (Wildman–Crippen MR) is 86.9 cm³/mol. The van der Waals surface area contributed by atoms with E-state index in [4.69, 9.17) is 4.74 Å². The number of benzene rings is 2. The standard InChI is InChI=1S/C19H23NO/c1-13-6-5-7-14(10-13)18(20-4)15-8-9-17-16(11-15)12-19(2,3)21-17/h5-11,18,20H,12H2,1-4H3. The van der Waals surface area contributed by atoms with E-state index in [9.17, 15) is 0 Å². The van der Waals surface area contributed by atoms with Crippen molar-refractivity contribution in [1.82, 2.24) is 5.32 Å². The second-order valence-electron chi connectivity index (χ2n) is 6.54. The molecule has 2 heteroatoms. The predicted octanol–water partition coefficient (Wildman–Crippen LogP) is 4.02. The van der Waals surface area contributed by atoms with Crippen LogP contribution < -0.4 is 10.1 Å². The number of aryl methyl sites for hydroxylation is 1. The summed E-state index contributed by atoms with van der Waals surface area (Å²) in [5.74, 6) is 1.03. The molecule has 3 rings (SSSR count). The summed E-state index contributed by atoms with van der Waals surface area (Å²) >= 11 is 0. The summed E-state index contributed by atoms with van der Waals surface area (Å²) in [4.78, 5) is 0. The number of hydrogen-bond acceptors (Lipinski definition) is 2. The van der Waals surface area contributed by atoms with E-state index in [1.165, 1.54) is 22.3 Å². The van der Waals surface area contributed by atoms with Gasteiger partial charge in [-0.2, -0.15) is 0 Å². The van der Waals surface area contributed by atoms with Gasteiger partial charge in [0.15, 0.2) is 0 Å². The molecule has 0 saturated heterocycles. The number of fused-ring (bicyclic) bond motifs is 1. The molecule has 0 aromatic heterocycles. The van der Waals surface area contributed by atoms with Crippen molar-refractivity contribution < 1.29 is 4.74 Å². The zero-order chi connectivity index (χ0) is 15.0. The van der Waals surface area contributed by atoms with Crippen molar-refractivity contribution in [1.29, 1.82) is 0 Å². The molecule has 2 aromatic rings. The molecular weight excluding hydrogens is 258 g/mol. The minimum Gasteiger partial charge on any atom is -0.487 e. The van der Waals surface area contributed by atoms with Crippen LogP contribution in [0.15, 0.2) is 42.5 Å². The van der Waals surface area contributed by atoms with Crippen LogP contribution >= 0.6 is 0 Å². The van der Waals surface area contributed by atoms with Gasteiger partial charge in [-0.1, -0.05) is 42.0 Å². The zero-order valence-electron chi connectivity index (χ0n) is 13.2. The number of nitrogens with one attached hydrogen (secondary N) is 1. The van der Waals surface area contributed by atoms with Gasteiger partial charge in [0.1, 0.15) is 11.4 Å². The molecule has 1 N–H and O–H groups in total. The van der Waals surface area contributed by atoms with Crippen molar-refractivity contribution in [2.45, 2.75) is 38.8 Å². The van der Waals surface area contributed by atoms with E-state index < -0.39 is 0 Å². The van der Waals surface area contributed by atoms with Crippen LogP contribution in [0.4, 0.5) is 0 Å². The Morgan fingerprint density at radius 2 is 1.86 bits per heavy atom. The van der Waals surface area contributed by atoms with Crippen molar-refractivity contribution in [3.05, 3.63) is 64.7 Å². The number of rotatable bonds is 3. The van der Waals surface area contributed by atoms with Crippen LogP contribution in [0, 0.1) is 6.92 Å². The third-order valence-corrected chi connectivity index (χ3v) is 4.08. The summed E-state index contributed by atoms with van der Waals surface area (Å²) in [6.07, 6.45) is 0.973. The van der Waals surface area contributed by atoms with E-state index in [-0.39, 0.29) is 11.6 Å². The molecule has 110 valence electrons. The maximum Gasteiger partial charge on any atom is 0.123 e. The highest BCUT2D eigenvalue weighted by atomic mass is 16.5. The molecule has 0 saturated carbocycles. The monoisotopic (exact) mass is 281 g/mol. The first kappa shape index (κ1) is 14.2. The van der Waals surface area contributed by atoms with Crippen LogP contribution in [0.2, 0.25) is 0 Å². The number of ether oxygens (including phenoxy) is 1. The van der Waals surface area contributed by atoms with Gasteiger partial charge in [0.05, 0.1) is 6.04 Å². The van der Waals surface area contributed by atoms with E-state index in [1.807, 2.05) is 7.05 Å². The van der Waals surface area contributed by atoms with Gasteiger partial charge in [-0.05, 0) is 50.6 Å². The van der Waals surface area contributed by atoms with Crippen LogP contribution in [-0.4, -0.2) is 12.6 Å². The minimum absolute atomic E-state index is 0.0839. The Morgan fingerprint density at radius 3 is 2.57 bits per heavy atom. The molecule has 1 atom stereocenters. The summed E-state index contributed by atoms with van der Waals surface area (Å²) in [7, 11) is 2.01. The Labute approximate surface area is 127 Å². The van der Waals surface area contributed by atoms with E-state index in [2.05, 4.69) is 68.6 Å². The third kappa shape index (κ3) is 2.81. The maximum atomic E-state index is 5.97. The highest BCUT2D eigenvalue weighted by Gasteiger charge is 2.30. The van der Waals surface area contributed by atoms with Gasteiger partial charge < -0.3 is 10.1 Å².